The zero-order valence-corrected chi connectivity index (χ0v) is 7.17. The van der Waals surface area contributed by atoms with Gasteiger partial charge in [0.15, 0.2) is 0 Å². The van der Waals surface area contributed by atoms with E-state index in [0.29, 0.717) is 19.4 Å². The molecule has 0 aromatic rings. The Labute approximate surface area is 67.3 Å². The molecule has 1 saturated carbocycles. The van der Waals surface area contributed by atoms with Crippen molar-refractivity contribution in [3.05, 3.63) is 0 Å². The molecule has 0 heterocycles. The summed E-state index contributed by atoms with van der Waals surface area (Å²) in [5.74, 6) is 0. The highest BCUT2D eigenvalue weighted by molar-refractivity contribution is 4.94. The average molecular weight is 160 g/mol. The summed E-state index contributed by atoms with van der Waals surface area (Å²) in [5, 5.41) is 9.60. The Balaban J connectivity index is 2.15. The molecule has 1 rings (SSSR count). The predicted octanol–water partition coefficient (Wildman–Crippen LogP) is 0.563. The Bertz CT molecular complexity index is 119. The molecule has 3 heteroatoms. The molecule has 3 nitrogen and oxygen atoms in total. The van der Waals surface area contributed by atoms with Gasteiger partial charge >= 0.3 is 0 Å². The molecule has 0 aromatic carbocycles. The van der Waals surface area contributed by atoms with Crippen LogP contribution in [0.15, 0.2) is 0 Å². The second-order valence-electron chi connectivity index (χ2n) is 3.14. The van der Waals surface area contributed by atoms with Gasteiger partial charge in [-0.15, -0.1) is 0 Å². The maximum Gasteiger partial charge on any atom is 0.0929 e. The van der Waals surface area contributed by atoms with E-state index in [4.69, 9.17) is 9.47 Å². The van der Waals surface area contributed by atoms with Gasteiger partial charge < -0.3 is 14.6 Å². The monoisotopic (exact) mass is 160 g/mol. The third-order valence-corrected chi connectivity index (χ3v) is 2.03. The van der Waals surface area contributed by atoms with Crippen molar-refractivity contribution in [2.24, 2.45) is 0 Å². The number of aliphatic hydroxyl groups is 1. The van der Waals surface area contributed by atoms with Gasteiger partial charge in [0.25, 0.3) is 0 Å². The van der Waals surface area contributed by atoms with E-state index in [0.717, 1.165) is 6.61 Å². The van der Waals surface area contributed by atoms with Crippen molar-refractivity contribution in [3.63, 3.8) is 0 Å². The molecule has 66 valence electrons. The molecule has 0 bridgehead atoms. The minimum atomic E-state index is -0.603. The van der Waals surface area contributed by atoms with Gasteiger partial charge in [-0.25, -0.2) is 0 Å². The fourth-order valence-corrected chi connectivity index (χ4v) is 1.53. The van der Waals surface area contributed by atoms with Crippen molar-refractivity contribution >= 4 is 0 Å². The molecule has 0 amide bonds. The molecule has 1 N–H and O–H groups in total. The van der Waals surface area contributed by atoms with Crippen molar-refractivity contribution in [2.75, 3.05) is 20.3 Å². The van der Waals surface area contributed by atoms with Crippen molar-refractivity contribution in [1.82, 2.24) is 0 Å². The number of rotatable bonds is 4. The molecule has 11 heavy (non-hydrogen) atoms. The average Bonchev–Trinajstić information content (AvgIpc) is 1.85. The predicted molar refractivity (Wildman–Crippen MR) is 41.5 cm³/mol. The van der Waals surface area contributed by atoms with Crippen molar-refractivity contribution in [1.29, 1.82) is 0 Å². The molecule has 1 aliphatic carbocycles. The molecular weight excluding hydrogens is 144 g/mol. The lowest BCUT2D eigenvalue weighted by atomic mass is 9.78. The van der Waals surface area contributed by atoms with Crippen LogP contribution in [0.1, 0.15) is 19.8 Å². The SMILES string of the molecule is CCOC1CC(O)(COC)C1. The first-order valence-electron chi connectivity index (χ1n) is 4.03. The molecule has 0 aliphatic heterocycles. The van der Waals surface area contributed by atoms with Crippen LogP contribution in [0.3, 0.4) is 0 Å². The van der Waals surface area contributed by atoms with E-state index < -0.39 is 5.60 Å². The minimum Gasteiger partial charge on any atom is -0.387 e. The van der Waals surface area contributed by atoms with Gasteiger partial charge in [0, 0.05) is 26.6 Å². The third kappa shape index (κ3) is 2.15. The van der Waals surface area contributed by atoms with Gasteiger partial charge in [0.1, 0.15) is 0 Å². The lowest BCUT2D eigenvalue weighted by Gasteiger charge is -2.42. The van der Waals surface area contributed by atoms with Crippen LogP contribution in [0.2, 0.25) is 0 Å². The van der Waals surface area contributed by atoms with Crippen LogP contribution in [-0.2, 0) is 9.47 Å². The number of methoxy groups -OCH3 is 1. The lowest BCUT2D eigenvalue weighted by Crippen LogP contribution is -2.51. The first-order chi connectivity index (χ1) is 5.20. The fourth-order valence-electron chi connectivity index (χ4n) is 1.53. The van der Waals surface area contributed by atoms with E-state index in [-0.39, 0.29) is 6.10 Å². The summed E-state index contributed by atoms with van der Waals surface area (Å²) in [6, 6.07) is 0. The molecule has 1 aliphatic rings. The fraction of sp³-hybridized carbons (Fsp3) is 1.00. The van der Waals surface area contributed by atoms with Crippen LogP contribution in [0.4, 0.5) is 0 Å². The number of ether oxygens (including phenoxy) is 2. The zero-order valence-electron chi connectivity index (χ0n) is 7.17. The van der Waals surface area contributed by atoms with E-state index >= 15 is 0 Å². The topological polar surface area (TPSA) is 38.7 Å². The quantitative estimate of drug-likeness (QED) is 0.653. The Kier molecular flexibility index (Phi) is 2.87. The maximum absolute atomic E-state index is 9.60. The maximum atomic E-state index is 9.60. The molecule has 0 atom stereocenters. The summed E-state index contributed by atoms with van der Waals surface area (Å²) >= 11 is 0. The minimum absolute atomic E-state index is 0.250. The highest BCUT2D eigenvalue weighted by Crippen LogP contribution is 2.34. The van der Waals surface area contributed by atoms with Crippen molar-refractivity contribution in [2.45, 2.75) is 31.5 Å². The lowest BCUT2D eigenvalue weighted by molar-refractivity contribution is -0.161. The van der Waals surface area contributed by atoms with E-state index in [2.05, 4.69) is 0 Å². The Morgan fingerprint density at radius 2 is 2.18 bits per heavy atom. The summed E-state index contributed by atoms with van der Waals surface area (Å²) < 4.78 is 10.2. The van der Waals surface area contributed by atoms with Crippen LogP contribution in [0.25, 0.3) is 0 Å². The molecule has 0 spiro atoms. The van der Waals surface area contributed by atoms with Crippen LogP contribution in [0, 0.1) is 0 Å². The summed E-state index contributed by atoms with van der Waals surface area (Å²) in [6.07, 6.45) is 1.68. The summed E-state index contributed by atoms with van der Waals surface area (Å²) in [7, 11) is 1.60. The van der Waals surface area contributed by atoms with Gasteiger partial charge in [0.2, 0.25) is 0 Å². The normalized spacial score (nSPS) is 36.8. The first kappa shape index (κ1) is 8.97. The van der Waals surface area contributed by atoms with Gasteiger partial charge in [0.05, 0.1) is 18.3 Å². The van der Waals surface area contributed by atoms with Gasteiger partial charge in [-0.05, 0) is 6.92 Å². The van der Waals surface area contributed by atoms with E-state index in [1.165, 1.54) is 0 Å². The number of hydrogen-bond acceptors (Lipinski definition) is 3. The van der Waals surface area contributed by atoms with Crippen LogP contribution >= 0.6 is 0 Å². The second-order valence-corrected chi connectivity index (χ2v) is 3.14. The summed E-state index contributed by atoms with van der Waals surface area (Å²) in [6.45, 7) is 3.12. The van der Waals surface area contributed by atoms with Crippen molar-refractivity contribution in [3.8, 4) is 0 Å². The molecule has 0 unspecified atom stereocenters. The standard InChI is InChI=1S/C8H16O3/c1-3-11-7-4-8(9,5-7)6-10-2/h7,9H,3-6H2,1-2H3. The van der Waals surface area contributed by atoms with Gasteiger partial charge in [-0.3, -0.25) is 0 Å². The van der Waals surface area contributed by atoms with Crippen LogP contribution in [-0.4, -0.2) is 37.1 Å². The first-order valence-corrected chi connectivity index (χ1v) is 4.03. The smallest absolute Gasteiger partial charge is 0.0929 e. The Hall–Kier alpha value is -0.120. The van der Waals surface area contributed by atoms with E-state index in [1.807, 2.05) is 6.92 Å². The van der Waals surface area contributed by atoms with Gasteiger partial charge in [-0.2, -0.15) is 0 Å². The highest BCUT2D eigenvalue weighted by Gasteiger charge is 2.43. The Morgan fingerprint density at radius 3 is 2.64 bits per heavy atom. The Morgan fingerprint density at radius 1 is 1.55 bits per heavy atom. The van der Waals surface area contributed by atoms with Crippen LogP contribution < -0.4 is 0 Å². The highest BCUT2D eigenvalue weighted by atomic mass is 16.5. The summed E-state index contributed by atoms with van der Waals surface area (Å²) in [4.78, 5) is 0. The van der Waals surface area contributed by atoms with Crippen LogP contribution in [0.5, 0.6) is 0 Å². The molecule has 0 saturated heterocycles. The second kappa shape index (κ2) is 3.52. The molecule has 1 fully saturated rings. The number of hydrogen-bond donors (Lipinski definition) is 1. The van der Waals surface area contributed by atoms with Gasteiger partial charge in [-0.1, -0.05) is 0 Å². The molecule has 0 radical (unpaired) electrons. The molecular formula is C8H16O3. The van der Waals surface area contributed by atoms with Crippen molar-refractivity contribution < 1.29 is 14.6 Å². The van der Waals surface area contributed by atoms with E-state index in [9.17, 15) is 5.11 Å². The largest absolute Gasteiger partial charge is 0.387 e. The summed E-state index contributed by atoms with van der Waals surface area (Å²) in [5.41, 5.74) is -0.603. The zero-order chi connectivity index (χ0) is 8.32. The molecule has 0 aromatic heterocycles. The van der Waals surface area contributed by atoms with E-state index in [1.54, 1.807) is 7.11 Å². The third-order valence-electron chi connectivity index (χ3n) is 2.03.